The van der Waals surface area contributed by atoms with Crippen LogP contribution in [0.15, 0.2) is 24.3 Å². The number of benzene rings is 1. The quantitative estimate of drug-likeness (QED) is 0.850. The van der Waals surface area contributed by atoms with Crippen LogP contribution in [0.5, 0.6) is 5.75 Å². The summed E-state index contributed by atoms with van der Waals surface area (Å²) >= 11 is 0. The minimum Gasteiger partial charge on any atom is -0.496 e. The lowest BCUT2D eigenvalue weighted by atomic mass is 10.0. The molecule has 136 valence electrons. The predicted molar refractivity (Wildman–Crippen MR) is 99.7 cm³/mol. The number of ether oxygens (including phenoxy) is 1. The van der Waals surface area contributed by atoms with Gasteiger partial charge in [-0.1, -0.05) is 12.1 Å². The fourth-order valence-electron chi connectivity index (χ4n) is 3.87. The molecule has 2 aliphatic heterocycles. The van der Waals surface area contributed by atoms with Crippen molar-refractivity contribution in [2.75, 3.05) is 31.6 Å². The van der Waals surface area contributed by atoms with Crippen LogP contribution in [0.2, 0.25) is 0 Å². The Kier molecular flexibility index (Phi) is 4.49. The second-order valence-electron chi connectivity index (χ2n) is 6.89. The first-order chi connectivity index (χ1) is 12.7. The molecule has 0 spiro atoms. The summed E-state index contributed by atoms with van der Waals surface area (Å²) in [5.74, 6) is 2.45. The van der Waals surface area contributed by atoms with Crippen molar-refractivity contribution >= 4 is 11.7 Å². The van der Waals surface area contributed by atoms with E-state index in [0.717, 1.165) is 42.4 Å². The fraction of sp³-hybridized carbons (Fsp3) is 0.450. The average molecular weight is 352 g/mol. The van der Waals surface area contributed by atoms with E-state index in [2.05, 4.69) is 9.88 Å². The number of carbonyl (C=O) groups excluding carboxylic acids is 1. The molecular formula is C20H24N4O2. The van der Waals surface area contributed by atoms with E-state index in [1.165, 1.54) is 12.8 Å². The molecule has 1 amide bonds. The smallest absolute Gasteiger partial charge is 0.257 e. The molecule has 0 unspecified atom stereocenters. The van der Waals surface area contributed by atoms with Crippen LogP contribution in [0, 0.1) is 6.92 Å². The van der Waals surface area contributed by atoms with Gasteiger partial charge in [-0.15, -0.1) is 0 Å². The van der Waals surface area contributed by atoms with Crippen LogP contribution in [0.25, 0.3) is 0 Å². The van der Waals surface area contributed by atoms with E-state index in [0.29, 0.717) is 24.4 Å². The van der Waals surface area contributed by atoms with E-state index in [-0.39, 0.29) is 5.91 Å². The van der Waals surface area contributed by atoms with Gasteiger partial charge in [0.25, 0.3) is 5.91 Å². The van der Waals surface area contributed by atoms with Gasteiger partial charge >= 0.3 is 0 Å². The largest absolute Gasteiger partial charge is 0.496 e. The molecule has 0 saturated carbocycles. The number of anilines is 1. The van der Waals surface area contributed by atoms with Crippen molar-refractivity contribution in [2.24, 2.45) is 0 Å². The lowest BCUT2D eigenvalue weighted by molar-refractivity contribution is 0.0730. The molecule has 1 saturated heterocycles. The molecule has 2 aromatic rings. The van der Waals surface area contributed by atoms with Crippen molar-refractivity contribution in [3.05, 3.63) is 46.9 Å². The molecule has 0 N–H and O–H groups in total. The molecule has 3 heterocycles. The molecule has 1 aromatic carbocycles. The first kappa shape index (κ1) is 16.8. The minimum absolute atomic E-state index is 0.000969. The highest BCUT2D eigenvalue weighted by atomic mass is 16.5. The normalized spacial score (nSPS) is 16.5. The number of methoxy groups -OCH3 is 1. The van der Waals surface area contributed by atoms with Gasteiger partial charge in [-0.3, -0.25) is 4.79 Å². The van der Waals surface area contributed by atoms with Crippen LogP contribution < -0.4 is 9.64 Å². The topological polar surface area (TPSA) is 58.6 Å². The third-order valence-electron chi connectivity index (χ3n) is 5.18. The summed E-state index contributed by atoms with van der Waals surface area (Å²) in [5, 5.41) is 0. The van der Waals surface area contributed by atoms with Crippen LogP contribution in [-0.2, 0) is 13.0 Å². The molecule has 2 aliphatic rings. The van der Waals surface area contributed by atoms with Gasteiger partial charge in [0, 0.05) is 31.6 Å². The van der Waals surface area contributed by atoms with Crippen molar-refractivity contribution in [1.29, 1.82) is 0 Å². The summed E-state index contributed by atoms with van der Waals surface area (Å²) < 4.78 is 5.37. The summed E-state index contributed by atoms with van der Waals surface area (Å²) in [6.45, 7) is 5.23. The molecule has 0 atom stereocenters. The van der Waals surface area contributed by atoms with E-state index in [4.69, 9.17) is 9.72 Å². The molecule has 6 nitrogen and oxygen atoms in total. The molecule has 1 aromatic heterocycles. The number of hydrogen-bond donors (Lipinski definition) is 0. The van der Waals surface area contributed by atoms with Gasteiger partial charge in [-0.05, 0) is 31.9 Å². The molecule has 0 aliphatic carbocycles. The van der Waals surface area contributed by atoms with Crippen LogP contribution in [0.4, 0.5) is 5.82 Å². The highest BCUT2D eigenvalue weighted by Crippen LogP contribution is 2.30. The number of rotatable bonds is 3. The first-order valence-corrected chi connectivity index (χ1v) is 9.21. The standard InChI is InChI=1S/C20H24N4O2/c1-14-21-17-9-12-24(20(25)15-7-3-4-8-18(15)26-2)13-16(17)19(22-14)23-10-5-6-11-23/h3-4,7-8H,5-6,9-13H2,1-2H3. The zero-order valence-corrected chi connectivity index (χ0v) is 15.4. The summed E-state index contributed by atoms with van der Waals surface area (Å²) in [5.41, 5.74) is 2.80. The Morgan fingerprint density at radius 3 is 2.65 bits per heavy atom. The van der Waals surface area contributed by atoms with Gasteiger partial charge in [0.15, 0.2) is 0 Å². The van der Waals surface area contributed by atoms with Crippen LogP contribution in [0.3, 0.4) is 0 Å². The van der Waals surface area contributed by atoms with Gasteiger partial charge in [-0.2, -0.15) is 0 Å². The maximum atomic E-state index is 13.1. The van der Waals surface area contributed by atoms with Gasteiger partial charge in [0.05, 0.1) is 24.9 Å². The number of aromatic nitrogens is 2. The Morgan fingerprint density at radius 1 is 1.12 bits per heavy atom. The van der Waals surface area contributed by atoms with Crippen molar-refractivity contribution in [3.63, 3.8) is 0 Å². The van der Waals surface area contributed by atoms with Crippen molar-refractivity contribution in [2.45, 2.75) is 32.7 Å². The van der Waals surface area contributed by atoms with E-state index in [1.807, 2.05) is 36.1 Å². The first-order valence-electron chi connectivity index (χ1n) is 9.21. The Bertz CT molecular complexity index is 831. The van der Waals surface area contributed by atoms with Crippen LogP contribution in [0.1, 0.15) is 40.3 Å². The molecule has 0 radical (unpaired) electrons. The number of fused-ring (bicyclic) bond motifs is 1. The van der Waals surface area contributed by atoms with Gasteiger partial charge < -0.3 is 14.5 Å². The fourth-order valence-corrected chi connectivity index (χ4v) is 3.87. The van der Waals surface area contributed by atoms with Crippen molar-refractivity contribution in [3.8, 4) is 5.75 Å². The maximum absolute atomic E-state index is 13.1. The number of carbonyl (C=O) groups is 1. The van der Waals surface area contributed by atoms with Gasteiger partial charge in [-0.25, -0.2) is 9.97 Å². The SMILES string of the molecule is COc1ccccc1C(=O)N1CCc2nc(C)nc(N3CCCC3)c2C1. The number of nitrogens with zero attached hydrogens (tertiary/aromatic N) is 4. The molecule has 26 heavy (non-hydrogen) atoms. The Hall–Kier alpha value is -2.63. The van der Waals surface area contributed by atoms with Crippen molar-refractivity contribution < 1.29 is 9.53 Å². The van der Waals surface area contributed by atoms with E-state index < -0.39 is 0 Å². The van der Waals surface area contributed by atoms with E-state index in [1.54, 1.807) is 7.11 Å². The number of amides is 1. The Balaban J connectivity index is 1.66. The number of para-hydroxylation sites is 1. The van der Waals surface area contributed by atoms with Gasteiger partial charge in [0.1, 0.15) is 17.4 Å². The number of aryl methyl sites for hydroxylation is 1. The van der Waals surface area contributed by atoms with Crippen LogP contribution >= 0.6 is 0 Å². The highest BCUT2D eigenvalue weighted by molar-refractivity contribution is 5.97. The number of hydrogen-bond acceptors (Lipinski definition) is 5. The van der Waals surface area contributed by atoms with Gasteiger partial charge in [0.2, 0.25) is 0 Å². The molecule has 6 heteroatoms. The summed E-state index contributed by atoms with van der Waals surface area (Å²) in [6.07, 6.45) is 3.16. The van der Waals surface area contributed by atoms with E-state index >= 15 is 0 Å². The van der Waals surface area contributed by atoms with Crippen LogP contribution in [-0.4, -0.2) is 47.5 Å². The monoisotopic (exact) mass is 352 g/mol. The second-order valence-corrected chi connectivity index (χ2v) is 6.89. The molecular weight excluding hydrogens is 328 g/mol. The summed E-state index contributed by atoms with van der Waals surface area (Å²) in [6, 6.07) is 7.40. The highest BCUT2D eigenvalue weighted by Gasteiger charge is 2.29. The lowest BCUT2D eigenvalue weighted by Gasteiger charge is -2.32. The zero-order valence-electron chi connectivity index (χ0n) is 15.4. The van der Waals surface area contributed by atoms with Crippen molar-refractivity contribution in [1.82, 2.24) is 14.9 Å². The third kappa shape index (κ3) is 3.00. The third-order valence-corrected chi connectivity index (χ3v) is 5.18. The molecule has 4 rings (SSSR count). The lowest BCUT2D eigenvalue weighted by Crippen LogP contribution is -2.38. The maximum Gasteiger partial charge on any atom is 0.257 e. The Morgan fingerprint density at radius 2 is 1.88 bits per heavy atom. The average Bonchev–Trinajstić information content (AvgIpc) is 3.21. The summed E-state index contributed by atoms with van der Waals surface area (Å²) in [4.78, 5) is 26.7. The zero-order chi connectivity index (χ0) is 18.1. The predicted octanol–water partition coefficient (Wildman–Crippen LogP) is 2.59. The minimum atomic E-state index is 0.000969. The second kappa shape index (κ2) is 6.94. The molecule has 1 fully saturated rings. The Labute approximate surface area is 153 Å². The molecule has 0 bridgehead atoms. The van der Waals surface area contributed by atoms with E-state index in [9.17, 15) is 4.79 Å². The summed E-state index contributed by atoms with van der Waals surface area (Å²) in [7, 11) is 1.60.